The van der Waals surface area contributed by atoms with Gasteiger partial charge < -0.3 is 30.3 Å². The first-order valence-corrected chi connectivity index (χ1v) is 15.0. The van der Waals surface area contributed by atoms with Gasteiger partial charge in [-0.3, -0.25) is 14.4 Å². The third-order valence-corrected chi connectivity index (χ3v) is 8.41. The average molecular weight is 594 g/mol. The van der Waals surface area contributed by atoms with Crippen LogP contribution in [-0.2, 0) is 30.5 Å². The number of hydrogen-bond acceptors (Lipinski definition) is 7. The van der Waals surface area contributed by atoms with Crippen molar-refractivity contribution in [1.29, 1.82) is 5.26 Å². The van der Waals surface area contributed by atoms with Crippen molar-refractivity contribution in [3.63, 3.8) is 0 Å². The summed E-state index contributed by atoms with van der Waals surface area (Å²) in [7, 11) is 0. The van der Waals surface area contributed by atoms with Gasteiger partial charge in [0.25, 0.3) is 0 Å². The Morgan fingerprint density at radius 2 is 1.88 bits per heavy atom. The molecule has 0 saturated carbocycles. The zero-order chi connectivity index (χ0) is 31.1. The number of carbonyl (C=O) groups is 4. The molecule has 4 rings (SSSR count). The van der Waals surface area contributed by atoms with Crippen molar-refractivity contribution in [1.82, 2.24) is 20.9 Å². The highest BCUT2D eigenvalue weighted by molar-refractivity contribution is 5.93. The minimum Gasteiger partial charge on any atom is -0.445 e. The molecule has 232 valence electrons. The maximum absolute atomic E-state index is 14.3. The number of fused-ring (bicyclic) bond motifs is 3. The van der Waals surface area contributed by atoms with Crippen LogP contribution in [0.3, 0.4) is 0 Å². The lowest BCUT2D eigenvalue weighted by atomic mass is 9.84. The Morgan fingerprint density at radius 3 is 2.58 bits per heavy atom. The van der Waals surface area contributed by atoms with E-state index in [4.69, 9.17) is 9.47 Å². The molecule has 3 aliphatic heterocycles. The van der Waals surface area contributed by atoms with Crippen molar-refractivity contribution in [2.24, 2.45) is 17.3 Å². The lowest BCUT2D eigenvalue weighted by Crippen LogP contribution is -2.60. The van der Waals surface area contributed by atoms with Crippen molar-refractivity contribution >= 4 is 23.8 Å². The van der Waals surface area contributed by atoms with Crippen LogP contribution in [0.4, 0.5) is 4.79 Å². The first-order chi connectivity index (χ1) is 20.5. The fourth-order valence-corrected chi connectivity index (χ4v) is 6.19. The minimum absolute atomic E-state index is 0.0333. The van der Waals surface area contributed by atoms with Crippen molar-refractivity contribution in [3.8, 4) is 6.07 Å². The van der Waals surface area contributed by atoms with Gasteiger partial charge in [-0.2, -0.15) is 5.26 Å². The summed E-state index contributed by atoms with van der Waals surface area (Å²) in [6.45, 7) is 8.33. The van der Waals surface area contributed by atoms with E-state index >= 15 is 0 Å². The van der Waals surface area contributed by atoms with Crippen molar-refractivity contribution in [2.75, 3.05) is 19.8 Å². The van der Waals surface area contributed by atoms with Crippen LogP contribution in [0.25, 0.3) is 0 Å². The smallest absolute Gasteiger partial charge is 0.408 e. The van der Waals surface area contributed by atoms with E-state index in [9.17, 15) is 24.4 Å². The molecule has 11 heteroatoms. The quantitative estimate of drug-likeness (QED) is 0.455. The van der Waals surface area contributed by atoms with Crippen LogP contribution in [-0.4, -0.2) is 72.6 Å². The zero-order valence-electron chi connectivity index (χ0n) is 25.4. The van der Waals surface area contributed by atoms with E-state index in [0.29, 0.717) is 32.4 Å². The van der Waals surface area contributed by atoms with E-state index < -0.39 is 47.4 Å². The van der Waals surface area contributed by atoms with Crippen LogP contribution in [0, 0.1) is 28.6 Å². The van der Waals surface area contributed by atoms with E-state index in [0.717, 1.165) is 11.1 Å². The van der Waals surface area contributed by atoms with Gasteiger partial charge in [-0.25, -0.2) is 4.79 Å². The lowest BCUT2D eigenvalue weighted by Gasteiger charge is -2.38. The highest BCUT2D eigenvalue weighted by Gasteiger charge is 2.47. The van der Waals surface area contributed by atoms with Gasteiger partial charge in [-0.15, -0.1) is 0 Å². The lowest BCUT2D eigenvalue weighted by molar-refractivity contribution is -0.144. The molecular weight excluding hydrogens is 550 g/mol. The monoisotopic (exact) mass is 593 g/mol. The Kier molecular flexibility index (Phi) is 10.5. The first-order valence-electron chi connectivity index (χ1n) is 15.0. The van der Waals surface area contributed by atoms with Gasteiger partial charge in [0.2, 0.25) is 17.7 Å². The van der Waals surface area contributed by atoms with Gasteiger partial charge in [0.05, 0.1) is 12.7 Å². The molecular formula is C32H43N5O6. The van der Waals surface area contributed by atoms with E-state index in [2.05, 4.69) is 22.0 Å². The van der Waals surface area contributed by atoms with Crippen LogP contribution in [0.1, 0.15) is 58.9 Å². The number of nitrogens with one attached hydrogen (secondary N) is 3. The third-order valence-electron chi connectivity index (χ3n) is 8.41. The Bertz CT molecular complexity index is 1250. The fourth-order valence-electron chi connectivity index (χ4n) is 6.19. The summed E-state index contributed by atoms with van der Waals surface area (Å²) in [4.78, 5) is 55.3. The van der Waals surface area contributed by atoms with Crippen LogP contribution in [0.2, 0.25) is 0 Å². The van der Waals surface area contributed by atoms with Gasteiger partial charge >= 0.3 is 6.09 Å². The summed E-state index contributed by atoms with van der Waals surface area (Å²) in [5.74, 6) is -1.70. The summed E-state index contributed by atoms with van der Waals surface area (Å²) in [5, 5.41) is 18.5. The normalized spacial score (nSPS) is 29.5. The molecule has 0 radical (unpaired) electrons. The predicted molar refractivity (Wildman–Crippen MR) is 158 cm³/mol. The second-order valence-corrected chi connectivity index (χ2v) is 12.7. The maximum atomic E-state index is 14.3. The van der Waals surface area contributed by atoms with E-state index in [-0.39, 0.29) is 37.5 Å². The topological polar surface area (TPSA) is 150 Å². The molecule has 3 aliphatic rings. The average Bonchev–Trinajstić information content (AvgIpc) is 3.54. The van der Waals surface area contributed by atoms with Gasteiger partial charge in [0, 0.05) is 36.4 Å². The van der Waals surface area contributed by atoms with E-state index in [1.54, 1.807) is 0 Å². The van der Waals surface area contributed by atoms with Crippen molar-refractivity contribution in [3.05, 3.63) is 47.5 Å². The molecule has 6 atom stereocenters. The Labute approximate surface area is 253 Å². The zero-order valence-corrected chi connectivity index (χ0v) is 25.4. The number of benzene rings is 1. The molecule has 3 fully saturated rings. The first kappa shape index (κ1) is 32.0. The molecule has 3 saturated heterocycles. The Morgan fingerprint density at radius 1 is 1.14 bits per heavy atom. The number of ether oxygens (including phenoxy) is 2. The van der Waals surface area contributed by atoms with E-state index in [1.165, 1.54) is 4.90 Å². The van der Waals surface area contributed by atoms with Gasteiger partial charge in [-0.1, -0.05) is 55.8 Å². The molecule has 0 spiro atoms. The Hall–Kier alpha value is -3.91. The highest BCUT2D eigenvalue weighted by atomic mass is 16.5. The predicted octanol–water partition coefficient (Wildman–Crippen LogP) is 2.81. The van der Waals surface area contributed by atoms with Crippen LogP contribution < -0.4 is 16.0 Å². The molecule has 0 aliphatic carbocycles. The molecule has 43 heavy (non-hydrogen) atoms. The molecule has 0 unspecified atom stereocenters. The SMILES string of the molecule is CC(C)=C[C@H]1CCN2C(=O)[C@@H](NC(=O)OCc3ccccc3)C(C)(C)COCC[C@@H]3C[C@@H](C[C@@H](C#N)NC(=O)[C@H]12)C(=O)N3. The van der Waals surface area contributed by atoms with Gasteiger partial charge in [0.15, 0.2) is 0 Å². The molecule has 3 heterocycles. The summed E-state index contributed by atoms with van der Waals surface area (Å²) in [5.41, 5.74) is 0.919. The standard InChI is InChI=1S/C32H43N5O6/c1-20(2)14-22-10-12-37-26(22)29(39)35-25(17-33)16-23-15-24(34-28(23)38)11-13-42-19-32(3,4)27(30(37)40)36-31(41)43-18-21-8-6-5-7-9-21/h5-9,14,22-27H,10-13,15-16,18-19H2,1-4H3,(H,34,38)(H,35,39)(H,36,41)/t22-,23+,24-,25+,26+,27-/m1/s1. The number of carbonyl (C=O) groups excluding carboxylic acids is 4. The molecule has 0 aromatic heterocycles. The number of nitriles is 1. The Balaban J connectivity index is 1.63. The number of allylic oxidation sites excluding steroid dienone is 1. The molecule has 11 nitrogen and oxygen atoms in total. The van der Waals surface area contributed by atoms with Crippen LogP contribution in [0.15, 0.2) is 42.0 Å². The molecule has 1 aromatic carbocycles. The molecule has 4 amide bonds. The van der Waals surface area contributed by atoms with E-state index in [1.807, 2.05) is 64.1 Å². The second kappa shape index (κ2) is 14.0. The maximum Gasteiger partial charge on any atom is 0.408 e. The van der Waals surface area contributed by atoms with Crippen LogP contribution in [0.5, 0.6) is 0 Å². The highest BCUT2D eigenvalue weighted by Crippen LogP contribution is 2.32. The minimum atomic E-state index is -1.06. The molecule has 3 N–H and O–H groups in total. The summed E-state index contributed by atoms with van der Waals surface area (Å²) in [6, 6.07) is 8.40. The van der Waals surface area contributed by atoms with Gasteiger partial charge in [-0.05, 0) is 45.1 Å². The number of amides is 4. The van der Waals surface area contributed by atoms with Gasteiger partial charge in [0.1, 0.15) is 24.7 Å². The number of nitrogens with zero attached hydrogens (tertiary/aromatic N) is 2. The second-order valence-electron chi connectivity index (χ2n) is 12.7. The fraction of sp³-hybridized carbons (Fsp3) is 0.594. The largest absolute Gasteiger partial charge is 0.445 e. The summed E-state index contributed by atoms with van der Waals surface area (Å²) >= 11 is 0. The number of rotatable bonds is 4. The molecule has 1 aromatic rings. The summed E-state index contributed by atoms with van der Waals surface area (Å²) < 4.78 is 11.5. The van der Waals surface area contributed by atoms with Crippen molar-refractivity contribution in [2.45, 2.75) is 84.2 Å². The number of alkyl carbamates (subject to hydrolysis) is 1. The van der Waals surface area contributed by atoms with Crippen LogP contribution >= 0.6 is 0 Å². The van der Waals surface area contributed by atoms with Crippen molar-refractivity contribution < 1.29 is 28.7 Å². The summed E-state index contributed by atoms with van der Waals surface area (Å²) in [6.07, 6.45) is 3.05. The molecule has 2 bridgehead atoms. The number of hydrogen-bond donors (Lipinski definition) is 3. The third kappa shape index (κ3) is 8.14.